The third-order valence-corrected chi connectivity index (χ3v) is 4.19. The lowest BCUT2D eigenvalue weighted by molar-refractivity contribution is 0.0948. The van der Waals surface area contributed by atoms with Crippen LogP contribution in [-0.2, 0) is 12.8 Å². The second kappa shape index (κ2) is 6.74. The number of rotatable bonds is 4. The average molecular weight is 328 g/mol. The molecule has 7 nitrogen and oxygen atoms in total. The third kappa shape index (κ3) is 3.10. The molecule has 1 amide bonds. The standard InChI is InChI=1S/C17H20N4O3/c1-10(11-7-8-14(22)15(9-11)24-2)18-21-17(23)16-12-5-3-4-6-13(12)19-20-16/h7-9,22H,3-6H2,1-2H3,(H,19,20)(H,21,23)/b18-10-. The molecule has 0 radical (unpaired) electrons. The number of benzene rings is 1. The van der Waals surface area contributed by atoms with Gasteiger partial charge in [0.15, 0.2) is 17.2 Å². The maximum absolute atomic E-state index is 12.3. The summed E-state index contributed by atoms with van der Waals surface area (Å²) < 4.78 is 5.08. The van der Waals surface area contributed by atoms with Crippen LogP contribution in [0, 0.1) is 0 Å². The largest absolute Gasteiger partial charge is 0.504 e. The van der Waals surface area contributed by atoms with E-state index in [1.54, 1.807) is 19.1 Å². The molecule has 1 aliphatic rings. The Morgan fingerprint density at radius 1 is 1.38 bits per heavy atom. The first-order chi connectivity index (χ1) is 11.6. The number of carbonyl (C=O) groups excluding carboxylic acids is 1. The van der Waals surface area contributed by atoms with Crippen molar-refractivity contribution in [3.8, 4) is 11.5 Å². The summed E-state index contributed by atoms with van der Waals surface area (Å²) in [6.07, 6.45) is 4.00. The first-order valence-corrected chi connectivity index (χ1v) is 7.88. The molecule has 7 heteroatoms. The number of hydrogen-bond acceptors (Lipinski definition) is 5. The first-order valence-electron chi connectivity index (χ1n) is 7.88. The summed E-state index contributed by atoms with van der Waals surface area (Å²) in [7, 11) is 1.48. The van der Waals surface area contributed by atoms with E-state index in [4.69, 9.17) is 4.74 Å². The van der Waals surface area contributed by atoms with E-state index in [-0.39, 0.29) is 11.7 Å². The Morgan fingerprint density at radius 3 is 2.96 bits per heavy atom. The number of aromatic nitrogens is 2. The molecule has 0 spiro atoms. The minimum Gasteiger partial charge on any atom is -0.504 e. The number of phenolic OH excluding ortho intramolecular Hbond substituents is 1. The number of hydrazone groups is 1. The van der Waals surface area contributed by atoms with Gasteiger partial charge >= 0.3 is 0 Å². The maximum atomic E-state index is 12.3. The Hall–Kier alpha value is -2.83. The van der Waals surface area contributed by atoms with Crippen molar-refractivity contribution >= 4 is 11.6 Å². The van der Waals surface area contributed by atoms with Crippen LogP contribution in [-0.4, -0.2) is 34.0 Å². The smallest absolute Gasteiger partial charge is 0.292 e. The Balaban J connectivity index is 1.75. The molecular formula is C17H20N4O3. The normalized spacial score (nSPS) is 14.2. The van der Waals surface area contributed by atoms with Gasteiger partial charge in [-0.15, -0.1) is 0 Å². The van der Waals surface area contributed by atoms with Crippen molar-refractivity contribution in [2.24, 2.45) is 5.10 Å². The second-order valence-electron chi connectivity index (χ2n) is 5.76. The molecule has 2 aromatic rings. The van der Waals surface area contributed by atoms with Crippen molar-refractivity contribution in [1.82, 2.24) is 15.6 Å². The quantitative estimate of drug-likeness (QED) is 0.591. The number of nitrogens with zero attached hydrogens (tertiary/aromatic N) is 2. The van der Waals surface area contributed by atoms with Gasteiger partial charge in [-0.2, -0.15) is 10.2 Å². The van der Waals surface area contributed by atoms with Gasteiger partial charge in [-0.3, -0.25) is 9.89 Å². The predicted octanol–water partition coefficient (Wildman–Crippen LogP) is 2.16. The summed E-state index contributed by atoms with van der Waals surface area (Å²) in [6, 6.07) is 4.90. The molecule has 1 aromatic carbocycles. The molecule has 1 heterocycles. The van der Waals surface area contributed by atoms with E-state index in [1.807, 2.05) is 0 Å². The van der Waals surface area contributed by atoms with Crippen LogP contribution in [0.5, 0.6) is 11.5 Å². The highest BCUT2D eigenvalue weighted by molar-refractivity contribution is 6.01. The number of phenols is 1. The molecule has 0 saturated carbocycles. The van der Waals surface area contributed by atoms with E-state index in [0.29, 0.717) is 17.2 Å². The van der Waals surface area contributed by atoms with Gasteiger partial charge in [0.2, 0.25) is 0 Å². The molecule has 0 atom stereocenters. The van der Waals surface area contributed by atoms with Crippen molar-refractivity contribution in [3.05, 3.63) is 40.7 Å². The van der Waals surface area contributed by atoms with Gasteiger partial charge in [0.05, 0.1) is 12.8 Å². The summed E-state index contributed by atoms with van der Waals surface area (Å²) >= 11 is 0. The van der Waals surface area contributed by atoms with Crippen LogP contribution >= 0.6 is 0 Å². The van der Waals surface area contributed by atoms with Gasteiger partial charge in [-0.25, -0.2) is 5.43 Å². The molecule has 3 rings (SSSR count). The number of amides is 1. The second-order valence-corrected chi connectivity index (χ2v) is 5.76. The van der Waals surface area contributed by atoms with Crippen LogP contribution in [0.1, 0.15) is 47.1 Å². The Bertz CT molecular complexity index is 795. The molecule has 24 heavy (non-hydrogen) atoms. The number of carbonyl (C=O) groups is 1. The Labute approximate surface area is 139 Å². The maximum Gasteiger partial charge on any atom is 0.292 e. The first kappa shape index (κ1) is 16.0. The Morgan fingerprint density at radius 2 is 2.17 bits per heavy atom. The Kier molecular flexibility index (Phi) is 4.50. The molecule has 0 saturated heterocycles. The fourth-order valence-electron chi connectivity index (χ4n) is 2.82. The topological polar surface area (TPSA) is 99.6 Å². The number of fused-ring (bicyclic) bond motifs is 1. The predicted molar refractivity (Wildman–Crippen MR) is 89.6 cm³/mol. The van der Waals surface area contributed by atoms with E-state index in [1.165, 1.54) is 13.2 Å². The van der Waals surface area contributed by atoms with Crippen LogP contribution in [0.4, 0.5) is 0 Å². The van der Waals surface area contributed by atoms with Gasteiger partial charge in [-0.1, -0.05) is 0 Å². The van der Waals surface area contributed by atoms with Gasteiger partial charge in [-0.05, 0) is 50.8 Å². The summed E-state index contributed by atoms with van der Waals surface area (Å²) in [5.41, 5.74) is 6.37. The fraction of sp³-hybridized carbons (Fsp3) is 0.353. The van der Waals surface area contributed by atoms with Crippen LogP contribution in [0.25, 0.3) is 0 Å². The zero-order valence-electron chi connectivity index (χ0n) is 13.7. The van der Waals surface area contributed by atoms with Crippen molar-refractivity contribution in [2.75, 3.05) is 7.11 Å². The lowest BCUT2D eigenvalue weighted by Crippen LogP contribution is -2.21. The van der Waals surface area contributed by atoms with Crippen molar-refractivity contribution < 1.29 is 14.6 Å². The highest BCUT2D eigenvalue weighted by atomic mass is 16.5. The number of hydrogen-bond donors (Lipinski definition) is 3. The van der Waals surface area contributed by atoms with E-state index in [2.05, 4.69) is 20.7 Å². The number of aryl methyl sites for hydroxylation is 1. The monoisotopic (exact) mass is 328 g/mol. The van der Waals surface area contributed by atoms with Crippen LogP contribution in [0.15, 0.2) is 23.3 Å². The van der Waals surface area contributed by atoms with E-state index < -0.39 is 0 Å². The van der Waals surface area contributed by atoms with Gasteiger partial charge in [0.1, 0.15) is 0 Å². The molecule has 0 unspecified atom stereocenters. The molecular weight excluding hydrogens is 308 g/mol. The minimum absolute atomic E-state index is 0.0567. The fourth-order valence-corrected chi connectivity index (χ4v) is 2.82. The SMILES string of the molecule is COc1cc(/C(C)=N\NC(=O)c2n[nH]c3c2CCCC3)ccc1O. The molecule has 1 aliphatic carbocycles. The molecule has 0 bridgehead atoms. The van der Waals surface area contributed by atoms with Crippen LogP contribution in [0.3, 0.4) is 0 Å². The molecule has 126 valence electrons. The molecule has 0 fully saturated rings. The summed E-state index contributed by atoms with van der Waals surface area (Å²) in [5, 5.41) is 20.8. The lowest BCUT2D eigenvalue weighted by Gasteiger charge is -2.10. The highest BCUT2D eigenvalue weighted by Gasteiger charge is 2.21. The summed E-state index contributed by atoms with van der Waals surface area (Å²) in [4.78, 5) is 12.3. The third-order valence-electron chi connectivity index (χ3n) is 4.19. The number of aromatic hydroxyl groups is 1. The van der Waals surface area contributed by atoms with E-state index in [9.17, 15) is 9.90 Å². The van der Waals surface area contributed by atoms with Crippen molar-refractivity contribution in [1.29, 1.82) is 0 Å². The van der Waals surface area contributed by atoms with Gasteiger partial charge in [0.25, 0.3) is 5.91 Å². The minimum atomic E-state index is -0.320. The number of H-pyrrole nitrogens is 1. The zero-order chi connectivity index (χ0) is 17.1. The average Bonchev–Trinajstić information content (AvgIpc) is 3.04. The molecule has 0 aliphatic heterocycles. The van der Waals surface area contributed by atoms with Crippen molar-refractivity contribution in [2.45, 2.75) is 32.6 Å². The van der Waals surface area contributed by atoms with Gasteiger partial charge in [0, 0.05) is 16.8 Å². The highest BCUT2D eigenvalue weighted by Crippen LogP contribution is 2.26. The van der Waals surface area contributed by atoms with Crippen molar-refractivity contribution in [3.63, 3.8) is 0 Å². The summed E-state index contributed by atoms with van der Waals surface area (Å²) in [6.45, 7) is 1.77. The number of methoxy groups -OCH3 is 1. The van der Waals surface area contributed by atoms with E-state index in [0.717, 1.165) is 42.5 Å². The summed E-state index contributed by atoms with van der Waals surface area (Å²) in [5.74, 6) is 0.0930. The number of ether oxygens (including phenoxy) is 1. The molecule has 3 N–H and O–H groups in total. The van der Waals surface area contributed by atoms with E-state index >= 15 is 0 Å². The van der Waals surface area contributed by atoms with Crippen LogP contribution in [0.2, 0.25) is 0 Å². The lowest BCUT2D eigenvalue weighted by atomic mass is 9.96. The molecule has 1 aromatic heterocycles. The van der Waals surface area contributed by atoms with Crippen LogP contribution < -0.4 is 10.2 Å². The van der Waals surface area contributed by atoms with Gasteiger partial charge < -0.3 is 9.84 Å². The number of nitrogens with one attached hydrogen (secondary N) is 2. The number of aromatic amines is 1. The zero-order valence-corrected chi connectivity index (χ0v) is 13.7.